The van der Waals surface area contributed by atoms with Gasteiger partial charge in [0.2, 0.25) is 5.91 Å². The van der Waals surface area contributed by atoms with E-state index in [0.29, 0.717) is 12.8 Å². The minimum Gasteiger partial charge on any atom is -0.480 e. The minimum absolute atomic E-state index is 0.102. The SMILES string of the molecule is CC(C)[C@H](NC(=O)CS(=O)(=O)CCCc1ccccc1)C(=O)O. The summed E-state index contributed by atoms with van der Waals surface area (Å²) in [5, 5.41) is 11.3. The van der Waals surface area contributed by atoms with E-state index in [1.165, 1.54) is 0 Å². The van der Waals surface area contributed by atoms with Gasteiger partial charge in [-0.25, -0.2) is 13.2 Å². The van der Waals surface area contributed by atoms with Gasteiger partial charge in [-0.2, -0.15) is 0 Å². The molecule has 1 rings (SSSR count). The number of sulfone groups is 1. The lowest BCUT2D eigenvalue weighted by molar-refractivity contribution is -0.142. The number of carbonyl (C=O) groups excluding carboxylic acids is 1. The first-order valence-electron chi connectivity index (χ1n) is 7.48. The van der Waals surface area contributed by atoms with E-state index in [1.54, 1.807) is 13.8 Å². The molecule has 0 bridgehead atoms. The molecule has 0 aliphatic carbocycles. The number of rotatable bonds is 9. The number of carboxylic acid groups (broad SMARTS) is 1. The van der Waals surface area contributed by atoms with Crippen LogP contribution in [0.4, 0.5) is 0 Å². The standard InChI is InChI=1S/C16H23NO5S/c1-12(2)15(16(19)20)17-14(18)11-23(21,22)10-6-9-13-7-4-3-5-8-13/h3-5,7-8,12,15H,6,9-11H2,1-2H3,(H,17,18)(H,19,20)/t15-/m0/s1. The van der Waals surface area contributed by atoms with Gasteiger partial charge in [0.05, 0.1) is 5.75 Å². The Balaban J connectivity index is 2.47. The molecule has 7 heteroatoms. The molecule has 1 aromatic carbocycles. The number of benzene rings is 1. The summed E-state index contributed by atoms with van der Waals surface area (Å²) in [5.41, 5.74) is 1.04. The Bertz CT molecular complexity index is 625. The third-order valence-corrected chi connectivity index (χ3v) is 4.98. The second-order valence-corrected chi connectivity index (χ2v) is 7.99. The van der Waals surface area contributed by atoms with Crippen molar-refractivity contribution in [1.29, 1.82) is 0 Å². The maximum absolute atomic E-state index is 11.9. The zero-order valence-electron chi connectivity index (χ0n) is 13.4. The molecule has 0 saturated carbocycles. The van der Waals surface area contributed by atoms with Crippen molar-refractivity contribution in [2.75, 3.05) is 11.5 Å². The van der Waals surface area contributed by atoms with Crippen molar-refractivity contribution in [2.45, 2.75) is 32.7 Å². The first-order chi connectivity index (χ1) is 10.7. The summed E-state index contributed by atoms with van der Waals surface area (Å²) in [7, 11) is -3.55. The van der Waals surface area contributed by atoms with Crippen LogP contribution in [0.5, 0.6) is 0 Å². The second-order valence-electron chi connectivity index (χ2n) is 5.81. The van der Waals surface area contributed by atoms with Gasteiger partial charge in [0, 0.05) is 0 Å². The van der Waals surface area contributed by atoms with E-state index in [2.05, 4.69) is 5.32 Å². The van der Waals surface area contributed by atoms with Gasteiger partial charge >= 0.3 is 5.97 Å². The van der Waals surface area contributed by atoms with Crippen LogP contribution in [0.15, 0.2) is 30.3 Å². The Morgan fingerprint density at radius 1 is 1.17 bits per heavy atom. The van der Waals surface area contributed by atoms with Crippen LogP contribution in [0, 0.1) is 5.92 Å². The molecule has 6 nitrogen and oxygen atoms in total. The Labute approximate surface area is 136 Å². The van der Waals surface area contributed by atoms with E-state index in [4.69, 9.17) is 5.11 Å². The predicted octanol–water partition coefficient (Wildman–Crippen LogP) is 1.26. The predicted molar refractivity (Wildman–Crippen MR) is 87.8 cm³/mol. The van der Waals surface area contributed by atoms with Crippen LogP contribution in [-0.2, 0) is 25.8 Å². The molecule has 1 aromatic rings. The number of carbonyl (C=O) groups is 2. The number of hydrogen-bond donors (Lipinski definition) is 2. The van der Waals surface area contributed by atoms with Crippen molar-refractivity contribution >= 4 is 21.7 Å². The van der Waals surface area contributed by atoms with Crippen LogP contribution in [0.25, 0.3) is 0 Å². The van der Waals surface area contributed by atoms with E-state index in [1.807, 2.05) is 30.3 Å². The largest absolute Gasteiger partial charge is 0.480 e. The smallest absolute Gasteiger partial charge is 0.326 e. The number of aryl methyl sites for hydroxylation is 1. The topological polar surface area (TPSA) is 101 Å². The zero-order chi connectivity index (χ0) is 17.5. The maximum Gasteiger partial charge on any atom is 0.326 e. The first-order valence-corrected chi connectivity index (χ1v) is 9.30. The Hall–Kier alpha value is -1.89. The van der Waals surface area contributed by atoms with E-state index >= 15 is 0 Å². The van der Waals surface area contributed by atoms with Crippen LogP contribution in [0.3, 0.4) is 0 Å². The van der Waals surface area contributed by atoms with Crippen molar-refractivity contribution in [3.8, 4) is 0 Å². The summed E-state index contributed by atoms with van der Waals surface area (Å²) >= 11 is 0. The van der Waals surface area contributed by atoms with Crippen LogP contribution in [-0.4, -0.2) is 42.9 Å². The summed E-state index contributed by atoms with van der Waals surface area (Å²) in [5.74, 6) is -3.05. The van der Waals surface area contributed by atoms with E-state index in [-0.39, 0.29) is 11.7 Å². The molecule has 128 valence electrons. The molecule has 0 aromatic heterocycles. The van der Waals surface area contributed by atoms with Gasteiger partial charge in [0.1, 0.15) is 11.8 Å². The van der Waals surface area contributed by atoms with Crippen molar-refractivity contribution < 1.29 is 23.1 Å². The number of carboxylic acids is 1. The third kappa shape index (κ3) is 7.27. The number of aliphatic carboxylic acids is 1. The lowest BCUT2D eigenvalue weighted by atomic mass is 10.1. The van der Waals surface area contributed by atoms with Crippen LogP contribution >= 0.6 is 0 Å². The van der Waals surface area contributed by atoms with Gasteiger partial charge in [-0.05, 0) is 24.3 Å². The molecular formula is C16H23NO5S. The number of nitrogens with one attached hydrogen (secondary N) is 1. The Kier molecular flexibility index (Phi) is 7.22. The average molecular weight is 341 g/mol. The fourth-order valence-corrected chi connectivity index (χ4v) is 3.35. The van der Waals surface area contributed by atoms with Crippen molar-refractivity contribution in [2.24, 2.45) is 5.92 Å². The molecule has 0 aliphatic heterocycles. The second kappa shape index (κ2) is 8.67. The summed E-state index contributed by atoms with van der Waals surface area (Å²) in [6, 6.07) is 8.41. The van der Waals surface area contributed by atoms with Crippen LogP contribution in [0.1, 0.15) is 25.8 Å². The Morgan fingerprint density at radius 2 is 1.78 bits per heavy atom. The number of amides is 1. The molecule has 0 radical (unpaired) electrons. The zero-order valence-corrected chi connectivity index (χ0v) is 14.2. The highest BCUT2D eigenvalue weighted by Crippen LogP contribution is 2.06. The minimum atomic E-state index is -3.55. The number of hydrogen-bond acceptors (Lipinski definition) is 4. The lowest BCUT2D eigenvalue weighted by Crippen LogP contribution is -2.46. The summed E-state index contributed by atoms with van der Waals surface area (Å²) in [4.78, 5) is 22.8. The molecule has 0 saturated heterocycles. The van der Waals surface area contributed by atoms with Crippen molar-refractivity contribution in [1.82, 2.24) is 5.32 Å². The normalized spacial score (nSPS) is 12.8. The molecule has 23 heavy (non-hydrogen) atoms. The summed E-state index contributed by atoms with van der Waals surface area (Å²) in [6.07, 6.45) is 1.04. The van der Waals surface area contributed by atoms with Gasteiger partial charge < -0.3 is 10.4 Å². The fraction of sp³-hybridized carbons (Fsp3) is 0.500. The lowest BCUT2D eigenvalue weighted by Gasteiger charge is -2.17. The van der Waals surface area contributed by atoms with Gasteiger partial charge in [-0.3, -0.25) is 4.79 Å². The molecular weight excluding hydrogens is 318 g/mol. The fourth-order valence-electron chi connectivity index (χ4n) is 2.14. The monoisotopic (exact) mass is 341 g/mol. The van der Waals surface area contributed by atoms with Crippen molar-refractivity contribution in [3.63, 3.8) is 0 Å². The van der Waals surface area contributed by atoms with Gasteiger partial charge in [-0.15, -0.1) is 0 Å². The van der Waals surface area contributed by atoms with E-state index in [9.17, 15) is 18.0 Å². The summed E-state index contributed by atoms with van der Waals surface area (Å²) in [6.45, 7) is 3.29. The third-order valence-electron chi connectivity index (χ3n) is 3.36. The molecule has 0 aliphatic rings. The van der Waals surface area contributed by atoms with Crippen LogP contribution in [0.2, 0.25) is 0 Å². The van der Waals surface area contributed by atoms with Gasteiger partial charge in [0.25, 0.3) is 0 Å². The van der Waals surface area contributed by atoms with Crippen LogP contribution < -0.4 is 5.32 Å². The van der Waals surface area contributed by atoms with Gasteiger partial charge in [-0.1, -0.05) is 44.2 Å². The molecule has 0 spiro atoms. The average Bonchev–Trinajstić information content (AvgIpc) is 2.44. The van der Waals surface area contributed by atoms with Crippen molar-refractivity contribution in [3.05, 3.63) is 35.9 Å². The molecule has 1 atom stereocenters. The maximum atomic E-state index is 11.9. The molecule has 0 heterocycles. The summed E-state index contributed by atoms with van der Waals surface area (Å²) < 4.78 is 23.9. The van der Waals surface area contributed by atoms with E-state index < -0.39 is 33.5 Å². The molecule has 0 unspecified atom stereocenters. The molecule has 2 N–H and O–H groups in total. The highest BCUT2D eigenvalue weighted by atomic mass is 32.2. The van der Waals surface area contributed by atoms with E-state index in [0.717, 1.165) is 5.56 Å². The highest BCUT2D eigenvalue weighted by molar-refractivity contribution is 7.92. The molecule has 1 amide bonds. The van der Waals surface area contributed by atoms with Gasteiger partial charge in [0.15, 0.2) is 9.84 Å². The first kappa shape index (κ1) is 19.2. The highest BCUT2D eigenvalue weighted by Gasteiger charge is 2.25. The Morgan fingerprint density at radius 3 is 2.30 bits per heavy atom. The molecule has 0 fully saturated rings. The quantitative estimate of drug-likeness (QED) is 0.704.